The van der Waals surface area contributed by atoms with Crippen LogP contribution in [0, 0.1) is 22.7 Å². The molecule has 4 fully saturated rings. The van der Waals surface area contributed by atoms with Crippen LogP contribution in [0.15, 0.2) is 0 Å². The third-order valence-corrected chi connectivity index (χ3v) is 6.52. The fraction of sp³-hybridized carbons (Fsp3) is 0.857. The van der Waals surface area contributed by atoms with Gasteiger partial charge >= 0.3 is 12.1 Å². The average Bonchev–Trinajstić information content (AvgIpc) is 2.83. The Labute approximate surface area is 116 Å². The van der Waals surface area contributed by atoms with Gasteiger partial charge in [0.25, 0.3) is 0 Å². The van der Waals surface area contributed by atoms with Crippen molar-refractivity contribution in [2.75, 3.05) is 6.61 Å². The van der Waals surface area contributed by atoms with Gasteiger partial charge in [-0.05, 0) is 49.4 Å². The van der Waals surface area contributed by atoms with Crippen LogP contribution in [0.1, 0.15) is 39.0 Å². The summed E-state index contributed by atoms with van der Waals surface area (Å²) in [6.07, 6.45) is 4.07. The van der Waals surface area contributed by atoms with Crippen molar-refractivity contribution >= 4 is 12.1 Å². The molecule has 110 valence electrons. The summed E-state index contributed by atoms with van der Waals surface area (Å²) in [5.41, 5.74) is -0.0141. The highest BCUT2D eigenvalue weighted by molar-refractivity contribution is 5.66. The van der Waals surface area contributed by atoms with E-state index in [1.54, 1.807) is 0 Å². The monoisotopic (exact) mass is 281 g/mol. The zero-order chi connectivity index (χ0) is 14.2. The third kappa shape index (κ3) is 1.19. The van der Waals surface area contributed by atoms with Crippen molar-refractivity contribution < 1.29 is 23.9 Å². The summed E-state index contributed by atoms with van der Waals surface area (Å²) >= 11 is 0. The van der Waals surface area contributed by atoms with Crippen molar-refractivity contribution in [3.8, 4) is 0 Å². The van der Waals surface area contributed by atoms with Crippen LogP contribution in [-0.4, -0.2) is 24.3 Å². The molecule has 4 rings (SSSR count). The number of ether oxygens (including phenoxy) is 2. The molecule has 1 spiro atoms. The van der Waals surface area contributed by atoms with Crippen molar-refractivity contribution in [2.24, 2.45) is 28.6 Å². The number of esters is 1. The highest BCUT2D eigenvalue weighted by atomic mass is 16.8. The lowest BCUT2D eigenvalue weighted by atomic mass is 9.30. The summed E-state index contributed by atoms with van der Waals surface area (Å²) in [6, 6.07) is 0. The molecule has 4 aliphatic carbocycles. The standard InChI is InChI=1S/C14H19NO5/c1-8(16)18-7-12-2-9-4-13(19-11(17)20-15)5-10(3-12)14(9,12)6-13/h9-10H,2-7,15H2,1H3. The molecule has 0 heterocycles. The molecule has 2 N–H and O–H groups in total. The van der Waals surface area contributed by atoms with Crippen LogP contribution in [0.2, 0.25) is 0 Å². The van der Waals surface area contributed by atoms with Gasteiger partial charge in [-0.2, -0.15) is 5.90 Å². The lowest BCUT2D eigenvalue weighted by molar-refractivity contribution is -0.280. The Bertz CT molecular complexity index is 486. The first-order valence-corrected chi connectivity index (χ1v) is 7.18. The Morgan fingerprint density at radius 3 is 2.40 bits per heavy atom. The van der Waals surface area contributed by atoms with E-state index in [0.29, 0.717) is 18.4 Å². The smallest absolute Gasteiger partial charge is 0.465 e. The average molecular weight is 281 g/mol. The Morgan fingerprint density at radius 2 is 1.85 bits per heavy atom. The summed E-state index contributed by atoms with van der Waals surface area (Å²) in [7, 11) is 0. The maximum absolute atomic E-state index is 11.4. The molecule has 0 aromatic rings. The van der Waals surface area contributed by atoms with Crippen LogP contribution in [0.4, 0.5) is 4.79 Å². The minimum Gasteiger partial charge on any atom is -0.465 e. The molecule has 4 aliphatic rings. The number of carbonyl (C=O) groups excluding carboxylic acids is 2. The Hall–Kier alpha value is -1.30. The van der Waals surface area contributed by atoms with Gasteiger partial charge in [0.05, 0.1) is 6.61 Å². The number of carbonyl (C=O) groups is 2. The molecular weight excluding hydrogens is 262 g/mol. The van der Waals surface area contributed by atoms with E-state index >= 15 is 0 Å². The van der Waals surface area contributed by atoms with Crippen LogP contribution < -0.4 is 5.90 Å². The van der Waals surface area contributed by atoms with E-state index in [2.05, 4.69) is 4.84 Å². The summed E-state index contributed by atoms with van der Waals surface area (Å²) < 4.78 is 10.8. The summed E-state index contributed by atoms with van der Waals surface area (Å²) in [5.74, 6) is 5.85. The maximum Gasteiger partial charge on any atom is 0.528 e. The molecule has 0 radical (unpaired) electrons. The number of nitrogens with two attached hydrogens (primary N) is 1. The Balaban J connectivity index is 1.53. The fourth-order valence-electron chi connectivity index (χ4n) is 6.16. The summed E-state index contributed by atoms with van der Waals surface area (Å²) in [4.78, 5) is 26.6. The van der Waals surface area contributed by atoms with E-state index in [1.165, 1.54) is 6.92 Å². The molecule has 0 aliphatic heterocycles. The van der Waals surface area contributed by atoms with Crippen molar-refractivity contribution in [1.82, 2.24) is 0 Å². The zero-order valence-electron chi connectivity index (χ0n) is 11.5. The van der Waals surface area contributed by atoms with Crippen LogP contribution in [-0.2, 0) is 19.1 Å². The van der Waals surface area contributed by atoms with Gasteiger partial charge in [0.15, 0.2) is 0 Å². The minimum absolute atomic E-state index is 0.141. The van der Waals surface area contributed by atoms with Crippen LogP contribution in [0.25, 0.3) is 0 Å². The second-order valence-corrected chi connectivity index (χ2v) is 7.14. The van der Waals surface area contributed by atoms with Gasteiger partial charge in [-0.25, -0.2) is 4.79 Å². The van der Waals surface area contributed by atoms with Crippen molar-refractivity contribution in [3.05, 3.63) is 0 Å². The molecule has 6 heteroatoms. The lowest BCUT2D eigenvalue weighted by Gasteiger charge is -2.73. The van der Waals surface area contributed by atoms with Crippen molar-refractivity contribution in [2.45, 2.75) is 44.6 Å². The first-order valence-electron chi connectivity index (χ1n) is 7.18. The zero-order valence-corrected chi connectivity index (χ0v) is 11.5. The van der Waals surface area contributed by atoms with Gasteiger partial charge in [0.1, 0.15) is 5.60 Å². The quantitative estimate of drug-likeness (QED) is 0.623. The van der Waals surface area contributed by atoms with Crippen LogP contribution in [0.3, 0.4) is 0 Å². The molecule has 4 saturated carbocycles. The first-order chi connectivity index (χ1) is 9.45. The molecule has 0 saturated heterocycles. The molecule has 0 aromatic heterocycles. The van der Waals surface area contributed by atoms with Gasteiger partial charge in [0.2, 0.25) is 0 Å². The van der Waals surface area contributed by atoms with Gasteiger partial charge in [0, 0.05) is 12.3 Å². The molecular formula is C14H19NO5. The summed E-state index contributed by atoms with van der Waals surface area (Å²) in [5, 5.41) is 0. The molecule has 2 atom stereocenters. The predicted molar refractivity (Wildman–Crippen MR) is 66.0 cm³/mol. The second-order valence-electron chi connectivity index (χ2n) is 7.14. The molecule has 2 unspecified atom stereocenters. The second kappa shape index (κ2) is 3.47. The van der Waals surface area contributed by atoms with Crippen LogP contribution >= 0.6 is 0 Å². The fourth-order valence-corrected chi connectivity index (χ4v) is 6.16. The van der Waals surface area contributed by atoms with Crippen LogP contribution in [0.5, 0.6) is 0 Å². The van der Waals surface area contributed by atoms with E-state index in [1.807, 2.05) is 0 Å². The Kier molecular flexibility index (Phi) is 2.16. The van der Waals surface area contributed by atoms with E-state index < -0.39 is 6.16 Å². The number of rotatable bonds is 3. The highest BCUT2D eigenvalue weighted by Crippen LogP contribution is 2.88. The third-order valence-electron chi connectivity index (χ3n) is 6.52. The largest absolute Gasteiger partial charge is 0.528 e. The number of hydrogen-bond acceptors (Lipinski definition) is 6. The number of hydrogen-bond donors (Lipinski definition) is 1. The van der Waals surface area contributed by atoms with E-state index in [9.17, 15) is 9.59 Å². The van der Waals surface area contributed by atoms with Gasteiger partial charge in [-0.15, -0.1) is 0 Å². The van der Waals surface area contributed by atoms with Crippen molar-refractivity contribution in [3.63, 3.8) is 0 Å². The first kappa shape index (κ1) is 12.4. The minimum atomic E-state index is -0.783. The maximum atomic E-state index is 11.4. The normalized spacial score (nSPS) is 49.7. The Morgan fingerprint density at radius 1 is 1.20 bits per heavy atom. The topological polar surface area (TPSA) is 87.8 Å². The predicted octanol–water partition coefficient (Wildman–Crippen LogP) is 1.53. The van der Waals surface area contributed by atoms with Crippen molar-refractivity contribution in [1.29, 1.82) is 0 Å². The van der Waals surface area contributed by atoms with E-state index in [-0.39, 0.29) is 22.4 Å². The van der Waals surface area contributed by atoms with E-state index in [4.69, 9.17) is 15.4 Å². The molecule has 0 aromatic carbocycles. The van der Waals surface area contributed by atoms with Gasteiger partial charge in [-0.1, -0.05) is 0 Å². The number of fused-ring (bicyclic) bond motifs is 1. The highest BCUT2D eigenvalue weighted by Gasteiger charge is 2.85. The summed E-state index contributed by atoms with van der Waals surface area (Å²) in [6.45, 7) is 1.97. The SMILES string of the molecule is CC(=O)OCC12CC3CC4(OC(=O)ON)CC(C1)C32C4. The van der Waals surface area contributed by atoms with Gasteiger partial charge < -0.3 is 14.3 Å². The molecule has 6 nitrogen and oxygen atoms in total. The molecule has 0 amide bonds. The van der Waals surface area contributed by atoms with E-state index in [0.717, 1.165) is 32.1 Å². The molecule has 2 bridgehead atoms. The lowest BCUT2D eigenvalue weighted by Crippen LogP contribution is -2.70. The van der Waals surface area contributed by atoms with Gasteiger partial charge in [-0.3, -0.25) is 4.79 Å². The molecule has 20 heavy (non-hydrogen) atoms.